The summed E-state index contributed by atoms with van der Waals surface area (Å²) in [6, 6.07) is 18.4. The van der Waals surface area contributed by atoms with Gasteiger partial charge in [0.05, 0.1) is 25.4 Å². The predicted octanol–water partition coefficient (Wildman–Crippen LogP) is 6.17. The minimum Gasteiger partial charge on any atom is -0.496 e. The van der Waals surface area contributed by atoms with Crippen LogP contribution in [0, 0.1) is 11.7 Å². The van der Waals surface area contributed by atoms with Crippen molar-refractivity contribution in [3.63, 3.8) is 0 Å². The van der Waals surface area contributed by atoms with Crippen LogP contribution in [0.2, 0.25) is 0 Å². The number of para-hydroxylation sites is 1. The minimum atomic E-state index is -2.45. The Hall–Kier alpha value is -4.75. The van der Waals surface area contributed by atoms with Crippen LogP contribution < -0.4 is 25.2 Å². The number of benzene rings is 3. The maximum Gasteiger partial charge on any atom is 0.251 e. The second-order valence-corrected chi connectivity index (χ2v) is 15.6. The minimum absolute atomic E-state index is 0.0686. The van der Waals surface area contributed by atoms with Gasteiger partial charge in [0.25, 0.3) is 6.43 Å². The van der Waals surface area contributed by atoms with Crippen LogP contribution in [-0.2, 0) is 16.0 Å². The molecule has 4 aromatic rings. The second-order valence-electron chi connectivity index (χ2n) is 15.6. The maximum atomic E-state index is 15.2. The summed E-state index contributed by atoms with van der Waals surface area (Å²) in [5.41, 5.74) is 6.23. The van der Waals surface area contributed by atoms with Gasteiger partial charge in [-0.1, -0.05) is 24.3 Å². The van der Waals surface area contributed by atoms with E-state index in [1.807, 2.05) is 30.0 Å². The Labute approximate surface area is 320 Å². The third kappa shape index (κ3) is 7.73. The van der Waals surface area contributed by atoms with E-state index in [0.29, 0.717) is 35.9 Å². The highest BCUT2D eigenvalue weighted by molar-refractivity contribution is 6.01. The van der Waals surface area contributed by atoms with Crippen LogP contribution in [-0.4, -0.2) is 105 Å². The number of fused-ring (bicyclic) bond motifs is 3. The molecule has 1 aromatic heterocycles. The van der Waals surface area contributed by atoms with E-state index in [-0.39, 0.29) is 42.7 Å². The molecule has 0 spiro atoms. The molecular weight excluding hydrogens is 708 g/mol. The van der Waals surface area contributed by atoms with E-state index in [9.17, 15) is 18.4 Å². The van der Waals surface area contributed by atoms with E-state index in [4.69, 9.17) is 4.74 Å². The quantitative estimate of drug-likeness (QED) is 0.166. The van der Waals surface area contributed by atoms with E-state index < -0.39 is 12.5 Å². The van der Waals surface area contributed by atoms with Gasteiger partial charge in [0, 0.05) is 97.9 Å². The van der Waals surface area contributed by atoms with Crippen LogP contribution in [0.25, 0.3) is 10.9 Å². The molecule has 3 N–H and O–H groups in total. The number of ether oxygens (including phenoxy) is 1. The van der Waals surface area contributed by atoms with Crippen molar-refractivity contribution in [3.05, 3.63) is 83.3 Å². The molecule has 0 aliphatic carbocycles. The Morgan fingerprint density at radius 2 is 1.71 bits per heavy atom. The molecule has 55 heavy (non-hydrogen) atoms. The molecule has 3 fully saturated rings. The number of alkyl halides is 2. The fourth-order valence-electron chi connectivity index (χ4n) is 9.20. The Morgan fingerprint density at radius 3 is 2.44 bits per heavy atom. The highest BCUT2D eigenvalue weighted by Gasteiger charge is 2.39. The van der Waals surface area contributed by atoms with Crippen molar-refractivity contribution in [2.45, 2.75) is 63.6 Å². The summed E-state index contributed by atoms with van der Waals surface area (Å²) in [7, 11) is 1.66. The van der Waals surface area contributed by atoms with Crippen molar-refractivity contribution < 1.29 is 27.5 Å². The van der Waals surface area contributed by atoms with Gasteiger partial charge in [0.2, 0.25) is 11.8 Å². The summed E-state index contributed by atoms with van der Waals surface area (Å²) < 4.78 is 49.2. The summed E-state index contributed by atoms with van der Waals surface area (Å²) in [6.07, 6.45) is 1.01. The van der Waals surface area contributed by atoms with Crippen LogP contribution in [0.15, 0.2) is 60.7 Å². The number of aromatic nitrogens is 1. The largest absolute Gasteiger partial charge is 0.496 e. The number of carbonyl (C=O) groups excluding carboxylic acids is 2. The molecule has 1 unspecified atom stereocenters. The fraction of sp³-hybridized carbons (Fsp3) is 0.476. The Bertz CT molecular complexity index is 2020. The highest BCUT2D eigenvalue weighted by atomic mass is 19.3. The standard InChI is InChI=1S/C42H50F3N7O3/c1-26-21-32-30-5-3-4-6-34(30)47-40(32)41(52(26)25-38(44)45)31-9-8-29(23-37(31)55-2)50-15-13-27(14-16-50)24-49-17-19-51(20-18-49)36-11-7-28(22-33(36)43)46-35-10-12-39(53)48-42(35)54/h3-9,11,22-23,26-27,35,38,41,46-47H,10,12-21,24-25H2,1-2H3,(H,48,53,54)/t26-,35?,41-/m1/s1. The van der Waals surface area contributed by atoms with Gasteiger partial charge in [-0.15, -0.1) is 0 Å². The van der Waals surface area contributed by atoms with Crippen LogP contribution in [0.3, 0.4) is 0 Å². The number of anilines is 3. The molecule has 3 atom stereocenters. The number of hydrogen-bond donors (Lipinski definition) is 3. The van der Waals surface area contributed by atoms with Crippen molar-refractivity contribution in [1.82, 2.24) is 20.1 Å². The lowest BCUT2D eigenvalue weighted by Crippen LogP contribution is -2.49. The Morgan fingerprint density at radius 1 is 0.927 bits per heavy atom. The topological polar surface area (TPSA) is 96.2 Å². The monoisotopic (exact) mass is 757 g/mol. The molecule has 4 aliphatic rings. The molecule has 5 heterocycles. The van der Waals surface area contributed by atoms with Gasteiger partial charge in [0.15, 0.2) is 0 Å². The molecule has 0 radical (unpaired) electrons. The molecule has 4 aliphatic heterocycles. The van der Waals surface area contributed by atoms with Crippen LogP contribution in [0.1, 0.15) is 55.5 Å². The van der Waals surface area contributed by atoms with Gasteiger partial charge in [0.1, 0.15) is 17.6 Å². The normalized spacial score (nSPS) is 23.0. The molecule has 3 saturated heterocycles. The van der Waals surface area contributed by atoms with Crippen LogP contribution >= 0.6 is 0 Å². The van der Waals surface area contributed by atoms with Crippen LogP contribution in [0.5, 0.6) is 5.75 Å². The molecular formula is C42H50F3N7O3. The van der Waals surface area contributed by atoms with E-state index in [2.05, 4.69) is 54.6 Å². The number of imide groups is 1. The number of halogens is 3. The van der Waals surface area contributed by atoms with Gasteiger partial charge in [-0.3, -0.25) is 24.7 Å². The van der Waals surface area contributed by atoms with Crippen molar-refractivity contribution in [1.29, 1.82) is 0 Å². The number of rotatable bonds is 10. The van der Waals surface area contributed by atoms with Gasteiger partial charge < -0.3 is 24.8 Å². The first-order chi connectivity index (χ1) is 26.6. The summed E-state index contributed by atoms with van der Waals surface area (Å²) in [6.45, 7) is 7.74. The Kier molecular flexibility index (Phi) is 10.7. The maximum absolute atomic E-state index is 15.2. The molecule has 3 aromatic carbocycles. The zero-order valence-electron chi connectivity index (χ0n) is 31.5. The number of nitrogens with one attached hydrogen (secondary N) is 3. The zero-order chi connectivity index (χ0) is 38.2. The number of nitrogens with zero attached hydrogens (tertiary/aromatic N) is 4. The molecule has 0 bridgehead atoms. The average molecular weight is 758 g/mol. The van der Waals surface area contributed by atoms with Crippen LogP contribution in [0.4, 0.5) is 30.2 Å². The summed E-state index contributed by atoms with van der Waals surface area (Å²) in [4.78, 5) is 36.0. The number of aromatic amines is 1. The van der Waals surface area contributed by atoms with Crippen molar-refractivity contribution in [2.24, 2.45) is 5.92 Å². The summed E-state index contributed by atoms with van der Waals surface area (Å²) >= 11 is 0. The predicted molar refractivity (Wildman–Crippen MR) is 209 cm³/mol. The van der Waals surface area contributed by atoms with Crippen molar-refractivity contribution in [3.8, 4) is 5.75 Å². The first-order valence-electron chi connectivity index (χ1n) is 19.6. The number of hydrogen-bond acceptors (Lipinski definition) is 8. The number of carbonyl (C=O) groups is 2. The number of methoxy groups -OCH3 is 1. The first kappa shape index (κ1) is 37.2. The Balaban J connectivity index is 0.874. The van der Waals surface area contributed by atoms with Crippen molar-refractivity contribution in [2.75, 3.05) is 74.6 Å². The number of piperazine rings is 1. The summed E-state index contributed by atoms with van der Waals surface area (Å²) in [5, 5.41) is 6.53. The molecule has 0 saturated carbocycles. The SMILES string of the molecule is COc1cc(N2CCC(CN3CCN(c4ccc(NC5CCC(=O)NC5=O)cc4F)CC3)CC2)ccc1[C@@H]1c2[nH]c3ccccc3c2C[C@@H](C)N1CC(F)F. The van der Waals surface area contributed by atoms with E-state index in [1.54, 1.807) is 19.2 Å². The lowest BCUT2D eigenvalue weighted by Gasteiger charge is -2.41. The summed E-state index contributed by atoms with van der Waals surface area (Å²) in [5.74, 6) is 0.276. The third-order valence-corrected chi connectivity index (χ3v) is 12.1. The average Bonchev–Trinajstić information content (AvgIpc) is 3.54. The number of piperidine rings is 2. The highest BCUT2D eigenvalue weighted by Crippen LogP contribution is 2.45. The van der Waals surface area contributed by atoms with Gasteiger partial charge in [-0.25, -0.2) is 13.2 Å². The molecule has 8 rings (SSSR count). The van der Waals surface area contributed by atoms with E-state index in [0.717, 1.165) is 86.5 Å². The van der Waals surface area contributed by atoms with Gasteiger partial charge in [-0.05, 0) is 74.4 Å². The van der Waals surface area contributed by atoms with E-state index >= 15 is 4.39 Å². The molecule has 13 heteroatoms. The molecule has 292 valence electrons. The lowest BCUT2D eigenvalue weighted by atomic mass is 9.88. The van der Waals surface area contributed by atoms with Crippen molar-refractivity contribution >= 4 is 39.8 Å². The van der Waals surface area contributed by atoms with Gasteiger partial charge >= 0.3 is 0 Å². The smallest absolute Gasteiger partial charge is 0.251 e. The number of H-pyrrole nitrogens is 1. The first-order valence-corrected chi connectivity index (χ1v) is 19.6. The van der Waals surface area contributed by atoms with Gasteiger partial charge in [-0.2, -0.15) is 0 Å². The number of amides is 2. The molecule has 2 amide bonds. The zero-order valence-corrected chi connectivity index (χ0v) is 31.5. The lowest BCUT2D eigenvalue weighted by molar-refractivity contribution is -0.133. The molecule has 10 nitrogen and oxygen atoms in total. The fourth-order valence-corrected chi connectivity index (χ4v) is 9.20. The third-order valence-electron chi connectivity index (χ3n) is 12.1. The second kappa shape index (κ2) is 15.8. The van der Waals surface area contributed by atoms with E-state index in [1.165, 1.54) is 11.6 Å².